The van der Waals surface area contributed by atoms with E-state index < -0.39 is 0 Å². The van der Waals surface area contributed by atoms with Crippen LogP contribution in [0.2, 0.25) is 0 Å². The van der Waals surface area contributed by atoms with Crippen molar-refractivity contribution in [3.8, 4) is 0 Å². The Kier molecular flexibility index (Phi) is 3.19. The monoisotopic (exact) mass is 286 g/mol. The second kappa shape index (κ2) is 5.07. The average molecular weight is 286 g/mol. The molecule has 2 fully saturated rings. The fraction of sp³-hybridized carbons (Fsp3) is 0.625. The molecule has 5 nitrogen and oxygen atoms in total. The van der Waals surface area contributed by atoms with Crippen molar-refractivity contribution < 1.29 is 4.74 Å². The predicted octanol–water partition coefficient (Wildman–Crippen LogP) is 2.47. The van der Waals surface area contributed by atoms with E-state index in [2.05, 4.69) is 10.1 Å². The second-order valence-corrected chi connectivity index (χ2v) is 6.52. The summed E-state index contributed by atoms with van der Waals surface area (Å²) in [6, 6.07) is 0.0214. The Balaban J connectivity index is 1.60. The summed E-state index contributed by atoms with van der Waals surface area (Å²) < 4.78 is 7.98. The molecule has 0 radical (unpaired) electrons. The van der Waals surface area contributed by atoms with Crippen molar-refractivity contribution in [2.45, 2.75) is 50.2 Å². The molecule has 0 aromatic carbocycles. The van der Waals surface area contributed by atoms with Crippen LogP contribution in [0.5, 0.6) is 0 Å². The van der Waals surface area contributed by atoms with Crippen molar-refractivity contribution in [1.82, 2.24) is 14.6 Å². The number of fused-ring (bicyclic) bond motifs is 1. The van der Waals surface area contributed by atoms with Gasteiger partial charge in [0.25, 0.3) is 0 Å². The minimum atomic E-state index is 0.0214. The molecular weight excluding hydrogens is 264 g/mol. The fourth-order valence-corrected chi connectivity index (χ4v) is 4.10. The van der Waals surface area contributed by atoms with Gasteiger partial charge in [0, 0.05) is 30.6 Å². The molecule has 1 aliphatic heterocycles. The van der Waals surface area contributed by atoms with Crippen LogP contribution in [0.3, 0.4) is 0 Å². The summed E-state index contributed by atoms with van der Waals surface area (Å²) in [5, 5.41) is 4.39. The molecule has 1 saturated carbocycles. The van der Waals surface area contributed by atoms with Gasteiger partial charge in [0.2, 0.25) is 0 Å². The van der Waals surface area contributed by atoms with Crippen molar-refractivity contribution >= 4 is 5.52 Å². The summed E-state index contributed by atoms with van der Waals surface area (Å²) >= 11 is 0. The van der Waals surface area contributed by atoms with E-state index in [1.54, 1.807) is 6.20 Å². The van der Waals surface area contributed by atoms with Gasteiger partial charge in [0.15, 0.2) is 0 Å². The summed E-state index contributed by atoms with van der Waals surface area (Å²) in [5.41, 5.74) is 8.85. The summed E-state index contributed by atoms with van der Waals surface area (Å²) in [5.74, 6) is 0.477. The van der Waals surface area contributed by atoms with Crippen LogP contribution >= 0.6 is 0 Å². The highest BCUT2D eigenvalue weighted by Gasteiger charge is 2.41. The Morgan fingerprint density at radius 2 is 2.19 bits per heavy atom. The first-order chi connectivity index (χ1) is 10.3. The summed E-state index contributed by atoms with van der Waals surface area (Å²) in [4.78, 5) is 4.20. The molecule has 1 spiro atoms. The Morgan fingerprint density at radius 1 is 1.33 bits per heavy atom. The van der Waals surface area contributed by atoms with Gasteiger partial charge in [-0.1, -0.05) is 12.8 Å². The highest BCUT2D eigenvalue weighted by atomic mass is 16.5. The first kappa shape index (κ1) is 13.2. The molecule has 3 heterocycles. The van der Waals surface area contributed by atoms with Crippen molar-refractivity contribution in [2.75, 3.05) is 6.61 Å². The molecule has 0 bridgehead atoms. The maximum atomic E-state index is 6.59. The number of aromatic nitrogens is 3. The van der Waals surface area contributed by atoms with E-state index in [9.17, 15) is 0 Å². The Morgan fingerprint density at radius 3 is 3.05 bits per heavy atom. The molecule has 5 heteroatoms. The van der Waals surface area contributed by atoms with Gasteiger partial charge in [-0.2, -0.15) is 5.10 Å². The van der Waals surface area contributed by atoms with Crippen LogP contribution in [-0.4, -0.2) is 26.8 Å². The number of ether oxygens (including phenoxy) is 1. The lowest BCUT2D eigenvalue weighted by Gasteiger charge is -2.40. The van der Waals surface area contributed by atoms with Gasteiger partial charge in [-0.25, -0.2) is 4.52 Å². The van der Waals surface area contributed by atoms with Crippen molar-refractivity contribution in [1.29, 1.82) is 0 Å². The summed E-state index contributed by atoms with van der Waals surface area (Å²) in [6.45, 7) is 0.843. The lowest BCUT2D eigenvalue weighted by molar-refractivity contribution is -0.0963. The van der Waals surface area contributed by atoms with Crippen molar-refractivity contribution in [3.63, 3.8) is 0 Å². The van der Waals surface area contributed by atoms with Crippen LogP contribution in [0.1, 0.15) is 50.1 Å². The maximum absolute atomic E-state index is 6.59. The molecule has 1 saturated heterocycles. The highest BCUT2D eigenvalue weighted by Crippen LogP contribution is 2.45. The van der Waals surface area contributed by atoms with E-state index in [1.807, 2.05) is 23.1 Å². The molecule has 21 heavy (non-hydrogen) atoms. The van der Waals surface area contributed by atoms with E-state index in [-0.39, 0.29) is 11.6 Å². The van der Waals surface area contributed by atoms with Crippen LogP contribution in [-0.2, 0) is 4.74 Å². The molecule has 4 rings (SSSR count). The van der Waals surface area contributed by atoms with Gasteiger partial charge < -0.3 is 10.5 Å². The quantitative estimate of drug-likeness (QED) is 0.921. The van der Waals surface area contributed by atoms with Crippen LogP contribution in [0, 0.1) is 5.92 Å². The molecule has 2 aliphatic rings. The van der Waals surface area contributed by atoms with Crippen molar-refractivity contribution in [2.24, 2.45) is 11.7 Å². The van der Waals surface area contributed by atoms with Crippen LogP contribution < -0.4 is 5.73 Å². The second-order valence-electron chi connectivity index (χ2n) is 6.52. The molecular formula is C16H22N4O. The van der Waals surface area contributed by atoms with Gasteiger partial charge >= 0.3 is 0 Å². The molecule has 2 unspecified atom stereocenters. The highest BCUT2D eigenvalue weighted by molar-refractivity contribution is 5.53. The molecule has 2 aromatic rings. The van der Waals surface area contributed by atoms with Crippen LogP contribution in [0.15, 0.2) is 24.8 Å². The molecule has 2 N–H and O–H groups in total. The van der Waals surface area contributed by atoms with Gasteiger partial charge in [-0.05, 0) is 31.6 Å². The first-order valence-corrected chi connectivity index (χ1v) is 7.94. The van der Waals surface area contributed by atoms with Gasteiger partial charge in [0.05, 0.1) is 23.5 Å². The zero-order chi connectivity index (χ0) is 14.3. The largest absolute Gasteiger partial charge is 0.375 e. The van der Waals surface area contributed by atoms with E-state index in [1.165, 1.54) is 25.7 Å². The number of nitrogens with two attached hydrogens (primary N) is 1. The molecule has 2 atom stereocenters. The maximum Gasteiger partial charge on any atom is 0.0892 e. The Bertz CT molecular complexity index is 632. The topological polar surface area (TPSA) is 65.4 Å². The first-order valence-electron chi connectivity index (χ1n) is 7.94. The normalized spacial score (nSPS) is 26.4. The zero-order valence-electron chi connectivity index (χ0n) is 12.2. The SMILES string of the molecule is NC(c1cnn2ccncc12)C1CCOC2(CCCC2)C1. The van der Waals surface area contributed by atoms with E-state index in [4.69, 9.17) is 10.5 Å². The van der Waals surface area contributed by atoms with Crippen molar-refractivity contribution in [3.05, 3.63) is 30.4 Å². The van der Waals surface area contributed by atoms with E-state index in [0.717, 1.165) is 30.5 Å². The molecule has 112 valence electrons. The number of hydrogen-bond acceptors (Lipinski definition) is 4. The molecule has 2 aromatic heterocycles. The van der Waals surface area contributed by atoms with Crippen LogP contribution in [0.25, 0.3) is 5.52 Å². The van der Waals surface area contributed by atoms with Crippen LogP contribution in [0.4, 0.5) is 0 Å². The third-order valence-corrected chi connectivity index (χ3v) is 5.27. The Labute approximate surface area is 124 Å². The van der Waals surface area contributed by atoms with E-state index in [0.29, 0.717) is 5.92 Å². The third-order valence-electron chi connectivity index (χ3n) is 5.27. The minimum absolute atomic E-state index is 0.0214. The number of hydrogen-bond donors (Lipinski definition) is 1. The molecule has 0 amide bonds. The fourth-order valence-electron chi connectivity index (χ4n) is 4.10. The lowest BCUT2D eigenvalue weighted by atomic mass is 9.79. The number of rotatable bonds is 2. The predicted molar refractivity (Wildman–Crippen MR) is 79.8 cm³/mol. The van der Waals surface area contributed by atoms with Gasteiger partial charge in [0.1, 0.15) is 0 Å². The number of nitrogens with zero attached hydrogens (tertiary/aromatic N) is 3. The van der Waals surface area contributed by atoms with Gasteiger partial charge in [-0.15, -0.1) is 0 Å². The minimum Gasteiger partial charge on any atom is -0.375 e. The standard InChI is InChI=1S/C16H22N4O/c17-15(13-10-19-20-7-6-18-11-14(13)20)12-3-8-21-16(9-12)4-1-2-5-16/h6-7,10-12,15H,1-5,8-9,17H2. The van der Waals surface area contributed by atoms with E-state index >= 15 is 0 Å². The average Bonchev–Trinajstić information content (AvgIpc) is 3.14. The Hall–Kier alpha value is -1.46. The summed E-state index contributed by atoms with van der Waals surface area (Å²) in [7, 11) is 0. The lowest BCUT2D eigenvalue weighted by Crippen LogP contribution is -2.40. The zero-order valence-corrected chi connectivity index (χ0v) is 12.2. The van der Waals surface area contributed by atoms with Gasteiger partial charge in [-0.3, -0.25) is 4.98 Å². The smallest absolute Gasteiger partial charge is 0.0892 e. The summed E-state index contributed by atoms with van der Waals surface area (Å²) in [6.07, 6.45) is 14.5. The molecule has 1 aliphatic carbocycles. The third kappa shape index (κ3) is 2.24.